The van der Waals surface area contributed by atoms with Gasteiger partial charge in [-0.3, -0.25) is 4.68 Å². The van der Waals surface area contributed by atoms with E-state index < -0.39 is 0 Å². The van der Waals surface area contributed by atoms with Crippen molar-refractivity contribution in [1.82, 2.24) is 9.78 Å². The molecule has 3 rings (SSSR count). The van der Waals surface area contributed by atoms with Gasteiger partial charge in [0.25, 0.3) is 0 Å². The molecule has 2 aromatic rings. The minimum Gasteiger partial charge on any atom is -0.496 e. The van der Waals surface area contributed by atoms with Gasteiger partial charge in [-0.25, -0.2) is 0 Å². The van der Waals surface area contributed by atoms with Gasteiger partial charge in [0, 0.05) is 18.5 Å². The van der Waals surface area contributed by atoms with Crippen LogP contribution in [0.4, 0.5) is 5.82 Å². The number of benzene rings is 1. The fourth-order valence-corrected chi connectivity index (χ4v) is 2.47. The SMILES string of the molecule is COc1cc(-c2c(C3CC3)nn(C)c2N)ccc1C. The molecule has 1 aromatic heterocycles. The summed E-state index contributed by atoms with van der Waals surface area (Å²) < 4.78 is 7.17. The zero-order valence-electron chi connectivity index (χ0n) is 11.6. The molecule has 0 bridgehead atoms. The van der Waals surface area contributed by atoms with Gasteiger partial charge in [-0.05, 0) is 37.0 Å². The summed E-state index contributed by atoms with van der Waals surface area (Å²) in [5.74, 6) is 2.20. The van der Waals surface area contributed by atoms with E-state index >= 15 is 0 Å². The van der Waals surface area contributed by atoms with Crippen LogP contribution in [-0.4, -0.2) is 16.9 Å². The minimum atomic E-state index is 0.575. The van der Waals surface area contributed by atoms with Gasteiger partial charge in [-0.2, -0.15) is 5.10 Å². The number of hydrogen-bond donors (Lipinski definition) is 1. The molecule has 1 saturated carbocycles. The van der Waals surface area contributed by atoms with Crippen LogP contribution < -0.4 is 10.5 Å². The van der Waals surface area contributed by atoms with Gasteiger partial charge in [0.15, 0.2) is 0 Å². The number of nitrogen functional groups attached to an aromatic ring is 1. The third-order valence-electron chi connectivity index (χ3n) is 3.78. The van der Waals surface area contributed by atoms with E-state index in [-0.39, 0.29) is 0 Å². The summed E-state index contributed by atoms with van der Waals surface area (Å²) in [6.07, 6.45) is 2.43. The predicted octanol–water partition coefficient (Wildman–Crippen LogP) is 2.86. The minimum absolute atomic E-state index is 0.575. The number of ether oxygens (including phenoxy) is 1. The second kappa shape index (κ2) is 4.30. The Morgan fingerprint density at radius 1 is 1.37 bits per heavy atom. The van der Waals surface area contributed by atoms with Crippen molar-refractivity contribution in [3.8, 4) is 16.9 Å². The molecule has 0 saturated heterocycles. The highest BCUT2D eigenvalue weighted by Crippen LogP contribution is 2.46. The van der Waals surface area contributed by atoms with E-state index in [0.29, 0.717) is 5.92 Å². The lowest BCUT2D eigenvalue weighted by molar-refractivity contribution is 0.412. The van der Waals surface area contributed by atoms with Crippen LogP contribution in [0.25, 0.3) is 11.1 Å². The van der Waals surface area contributed by atoms with Crippen molar-refractivity contribution >= 4 is 5.82 Å². The fraction of sp³-hybridized carbons (Fsp3) is 0.400. The van der Waals surface area contributed by atoms with Crippen molar-refractivity contribution in [2.45, 2.75) is 25.7 Å². The molecule has 1 aromatic carbocycles. The third kappa shape index (κ3) is 1.97. The summed E-state index contributed by atoms with van der Waals surface area (Å²) in [6, 6.07) is 6.21. The Hall–Kier alpha value is -1.97. The van der Waals surface area contributed by atoms with Gasteiger partial charge in [-0.1, -0.05) is 12.1 Å². The first-order chi connectivity index (χ1) is 9.11. The van der Waals surface area contributed by atoms with Crippen LogP contribution in [0.5, 0.6) is 5.75 Å². The maximum atomic E-state index is 6.19. The topological polar surface area (TPSA) is 53.1 Å². The first-order valence-corrected chi connectivity index (χ1v) is 6.59. The summed E-state index contributed by atoms with van der Waals surface area (Å²) in [5, 5.41) is 4.58. The molecule has 4 heteroatoms. The summed E-state index contributed by atoms with van der Waals surface area (Å²) in [6.45, 7) is 2.04. The van der Waals surface area contributed by atoms with Gasteiger partial charge in [-0.15, -0.1) is 0 Å². The van der Waals surface area contributed by atoms with Crippen molar-refractivity contribution < 1.29 is 4.74 Å². The van der Waals surface area contributed by atoms with E-state index in [9.17, 15) is 0 Å². The number of rotatable bonds is 3. The second-order valence-corrected chi connectivity index (χ2v) is 5.23. The van der Waals surface area contributed by atoms with E-state index in [0.717, 1.165) is 34.0 Å². The van der Waals surface area contributed by atoms with Gasteiger partial charge in [0.2, 0.25) is 0 Å². The highest BCUT2D eigenvalue weighted by molar-refractivity contribution is 5.78. The number of aromatic nitrogens is 2. The first kappa shape index (κ1) is 12.1. The molecular weight excluding hydrogens is 238 g/mol. The monoisotopic (exact) mass is 257 g/mol. The molecule has 1 heterocycles. The maximum absolute atomic E-state index is 6.19. The van der Waals surface area contributed by atoms with E-state index in [4.69, 9.17) is 10.5 Å². The van der Waals surface area contributed by atoms with Crippen LogP contribution in [0.2, 0.25) is 0 Å². The lowest BCUT2D eigenvalue weighted by Gasteiger charge is -2.08. The number of nitrogens with two attached hydrogens (primary N) is 1. The zero-order chi connectivity index (χ0) is 13.6. The molecule has 0 spiro atoms. The summed E-state index contributed by atoms with van der Waals surface area (Å²) in [7, 11) is 3.59. The Morgan fingerprint density at radius 3 is 2.74 bits per heavy atom. The molecule has 1 aliphatic carbocycles. The van der Waals surface area contributed by atoms with Gasteiger partial charge < -0.3 is 10.5 Å². The lowest BCUT2D eigenvalue weighted by Crippen LogP contribution is -1.98. The molecule has 100 valence electrons. The Labute approximate surface area is 113 Å². The van der Waals surface area contributed by atoms with Crippen molar-refractivity contribution in [3.63, 3.8) is 0 Å². The van der Waals surface area contributed by atoms with Crippen molar-refractivity contribution in [2.75, 3.05) is 12.8 Å². The highest BCUT2D eigenvalue weighted by Gasteiger charge is 2.31. The van der Waals surface area contributed by atoms with Crippen molar-refractivity contribution in [1.29, 1.82) is 0 Å². The van der Waals surface area contributed by atoms with Crippen LogP contribution in [0, 0.1) is 6.92 Å². The molecule has 0 atom stereocenters. The normalized spacial score (nSPS) is 14.7. The molecular formula is C15H19N3O. The Balaban J connectivity index is 2.15. The average Bonchev–Trinajstić information content (AvgIpc) is 3.19. The molecule has 0 unspecified atom stereocenters. The highest BCUT2D eigenvalue weighted by atomic mass is 16.5. The number of hydrogen-bond acceptors (Lipinski definition) is 3. The van der Waals surface area contributed by atoms with Crippen LogP contribution >= 0.6 is 0 Å². The quantitative estimate of drug-likeness (QED) is 0.919. The van der Waals surface area contributed by atoms with Crippen molar-refractivity contribution in [2.24, 2.45) is 7.05 Å². The van der Waals surface area contributed by atoms with E-state index in [2.05, 4.69) is 23.3 Å². The van der Waals surface area contributed by atoms with Gasteiger partial charge in [0.05, 0.1) is 12.8 Å². The number of anilines is 1. The predicted molar refractivity (Wildman–Crippen MR) is 76.3 cm³/mol. The molecule has 0 amide bonds. The largest absolute Gasteiger partial charge is 0.496 e. The molecule has 4 nitrogen and oxygen atoms in total. The standard InChI is InChI=1S/C15H19N3O/c1-9-4-5-11(8-12(9)19-3)13-14(10-6-7-10)17-18(2)15(13)16/h4-5,8,10H,6-7,16H2,1-3H3. The molecule has 0 aliphatic heterocycles. The van der Waals surface area contributed by atoms with E-state index in [1.807, 2.05) is 14.0 Å². The summed E-state index contributed by atoms with van der Waals surface area (Å²) >= 11 is 0. The van der Waals surface area contributed by atoms with Gasteiger partial charge >= 0.3 is 0 Å². The zero-order valence-corrected chi connectivity index (χ0v) is 11.6. The van der Waals surface area contributed by atoms with Crippen molar-refractivity contribution in [3.05, 3.63) is 29.5 Å². The summed E-state index contributed by atoms with van der Waals surface area (Å²) in [5.41, 5.74) is 10.6. The lowest BCUT2D eigenvalue weighted by atomic mass is 10.0. The van der Waals surface area contributed by atoms with E-state index in [1.54, 1.807) is 11.8 Å². The van der Waals surface area contributed by atoms with Crippen LogP contribution in [0.15, 0.2) is 18.2 Å². The fourth-order valence-electron chi connectivity index (χ4n) is 2.47. The number of nitrogens with zero attached hydrogens (tertiary/aromatic N) is 2. The Bertz CT molecular complexity index is 627. The van der Waals surface area contributed by atoms with Gasteiger partial charge in [0.1, 0.15) is 11.6 Å². The molecule has 0 radical (unpaired) electrons. The first-order valence-electron chi connectivity index (χ1n) is 6.59. The molecule has 1 aliphatic rings. The van der Waals surface area contributed by atoms with Crippen LogP contribution in [0.1, 0.15) is 30.0 Å². The maximum Gasteiger partial charge on any atom is 0.129 e. The smallest absolute Gasteiger partial charge is 0.129 e. The second-order valence-electron chi connectivity index (χ2n) is 5.23. The Kier molecular flexibility index (Phi) is 2.73. The van der Waals surface area contributed by atoms with Crippen LogP contribution in [0.3, 0.4) is 0 Å². The third-order valence-corrected chi connectivity index (χ3v) is 3.78. The number of aryl methyl sites for hydroxylation is 2. The van der Waals surface area contributed by atoms with E-state index in [1.165, 1.54) is 12.8 Å². The molecule has 2 N–H and O–H groups in total. The average molecular weight is 257 g/mol. The molecule has 19 heavy (non-hydrogen) atoms. The van der Waals surface area contributed by atoms with Crippen LogP contribution in [-0.2, 0) is 7.05 Å². The number of methoxy groups -OCH3 is 1. The molecule has 1 fully saturated rings. The summed E-state index contributed by atoms with van der Waals surface area (Å²) in [4.78, 5) is 0. The Morgan fingerprint density at radius 2 is 2.11 bits per heavy atom.